The number of urea groups is 1. The maximum Gasteiger partial charge on any atom is 0.323 e. The molecule has 5 rings (SSSR count). The molecule has 1 saturated carbocycles. The average Bonchev–Trinajstić information content (AvgIpc) is 3.22. The van der Waals surface area contributed by atoms with Crippen molar-refractivity contribution in [1.29, 1.82) is 0 Å². The summed E-state index contributed by atoms with van der Waals surface area (Å²) in [6.07, 6.45) is 8.15. The second-order valence-corrected chi connectivity index (χ2v) is 7.28. The topological polar surface area (TPSA) is 115 Å². The zero-order valence-electron chi connectivity index (χ0n) is 14.8. The van der Waals surface area contributed by atoms with Crippen molar-refractivity contribution < 1.29 is 4.79 Å². The molecule has 1 fully saturated rings. The SMILES string of the molecule is O=C(Nc1cnc(-n2nccn2)cc1Cl)Nc1cnc2cc(Cl)nn2c1C1CC1. The van der Waals surface area contributed by atoms with E-state index >= 15 is 0 Å². The second-order valence-electron chi connectivity index (χ2n) is 6.49. The van der Waals surface area contributed by atoms with Gasteiger partial charge in [-0.15, -0.1) is 4.80 Å². The Morgan fingerprint density at radius 3 is 2.48 bits per heavy atom. The van der Waals surface area contributed by atoms with E-state index in [1.165, 1.54) is 23.4 Å². The molecule has 1 aliphatic rings. The van der Waals surface area contributed by atoms with E-state index in [4.69, 9.17) is 23.2 Å². The summed E-state index contributed by atoms with van der Waals surface area (Å²) in [5.74, 6) is 0.741. The number of rotatable bonds is 4. The summed E-state index contributed by atoms with van der Waals surface area (Å²) in [5.41, 5.74) is 2.43. The van der Waals surface area contributed by atoms with Crippen LogP contribution < -0.4 is 10.6 Å². The number of carbonyl (C=O) groups is 1. The van der Waals surface area contributed by atoms with Crippen molar-refractivity contribution in [3.05, 3.63) is 52.8 Å². The number of aromatic nitrogens is 7. The number of carbonyl (C=O) groups excluding carboxylic acids is 1. The third kappa shape index (κ3) is 3.47. The molecule has 12 heteroatoms. The van der Waals surface area contributed by atoms with Gasteiger partial charge in [0.15, 0.2) is 16.6 Å². The van der Waals surface area contributed by atoms with Gasteiger partial charge in [0.25, 0.3) is 0 Å². The number of amides is 2. The molecule has 0 bridgehead atoms. The highest BCUT2D eigenvalue weighted by Crippen LogP contribution is 2.43. The van der Waals surface area contributed by atoms with Gasteiger partial charge in [-0.3, -0.25) is 0 Å². The van der Waals surface area contributed by atoms with Crippen LogP contribution in [0.15, 0.2) is 36.9 Å². The van der Waals surface area contributed by atoms with Crippen molar-refractivity contribution >= 4 is 46.3 Å². The van der Waals surface area contributed by atoms with Crippen LogP contribution in [0.2, 0.25) is 10.2 Å². The Balaban J connectivity index is 1.38. The molecule has 0 aliphatic heterocycles. The average molecular weight is 430 g/mol. The zero-order valence-corrected chi connectivity index (χ0v) is 16.3. The van der Waals surface area contributed by atoms with Crippen LogP contribution in [-0.2, 0) is 0 Å². The zero-order chi connectivity index (χ0) is 20.0. The number of fused-ring (bicyclic) bond motifs is 1. The molecule has 29 heavy (non-hydrogen) atoms. The Morgan fingerprint density at radius 1 is 1.03 bits per heavy atom. The van der Waals surface area contributed by atoms with Crippen LogP contribution in [0.5, 0.6) is 0 Å². The number of anilines is 2. The standard InChI is InChI=1S/C17H13Cl2N9O/c18-10-5-15(28-22-3-4-23-28)21-7-11(10)24-17(29)25-12-8-20-14-6-13(19)26-27(14)16(12)9-1-2-9/h3-9H,1-2H2,(H2,24,25,29). The monoisotopic (exact) mass is 429 g/mol. The Bertz CT molecular complexity index is 1220. The van der Waals surface area contributed by atoms with Crippen LogP contribution in [0, 0.1) is 0 Å². The molecule has 0 spiro atoms. The van der Waals surface area contributed by atoms with Crippen molar-refractivity contribution in [3.8, 4) is 5.82 Å². The van der Waals surface area contributed by atoms with E-state index in [-0.39, 0.29) is 0 Å². The molecule has 0 atom stereocenters. The van der Waals surface area contributed by atoms with Gasteiger partial charge in [0.2, 0.25) is 0 Å². The molecule has 0 unspecified atom stereocenters. The highest BCUT2D eigenvalue weighted by molar-refractivity contribution is 6.34. The number of nitrogens with zero attached hydrogens (tertiary/aromatic N) is 7. The highest BCUT2D eigenvalue weighted by Gasteiger charge is 2.30. The molecule has 0 saturated heterocycles. The summed E-state index contributed by atoms with van der Waals surface area (Å²) >= 11 is 12.3. The molecule has 0 radical (unpaired) electrons. The lowest BCUT2D eigenvalue weighted by atomic mass is 10.2. The molecule has 146 valence electrons. The first-order valence-electron chi connectivity index (χ1n) is 8.73. The summed E-state index contributed by atoms with van der Waals surface area (Å²) in [7, 11) is 0. The molecule has 10 nitrogen and oxygen atoms in total. The molecular weight excluding hydrogens is 417 g/mol. The first kappa shape index (κ1) is 17.8. The van der Waals surface area contributed by atoms with Crippen molar-refractivity contribution in [2.75, 3.05) is 10.6 Å². The first-order valence-corrected chi connectivity index (χ1v) is 9.48. The lowest BCUT2D eigenvalue weighted by molar-refractivity contribution is 0.262. The molecule has 2 amide bonds. The first-order chi connectivity index (χ1) is 14.1. The van der Waals surface area contributed by atoms with Crippen LogP contribution in [0.4, 0.5) is 16.2 Å². The minimum absolute atomic E-state index is 0.303. The lowest BCUT2D eigenvalue weighted by Crippen LogP contribution is -2.21. The fourth-order valence-electron chi connectivity index (χ4n) is 3.00. The van der Waals surface area contributed by atoms with Crippen molar-refractivity contribution in [3.63, 3.8) is 0 Å². The fraction of sp³-hybridized carbons (Fsp3) is 0.176. The number of pyridine rings is 1. The minimum Gasteiger partial charge on any atom is -0.305 e. The third-order valence-electron chi connectivity index (χ3n) is 4.41. The Labute approximate surface area is 173 Å². The molecule has 0 aromatic carbocycles. The summed E-state index contributed by atoms with van der Waals surface area (Å²) in [4.78, 5) is 22.4. The molecule has 4 aromatic rings. The fourth-order valence-corrected chi connectivity index (χ4v) is 3.37. The van der Waals surface area contributed by atoms with Crippen molar-refractivity contribution in [1.82, 2.24) is 34.6 Å². The Hall–Kier alpha value is -3.24. The summed E-state index contributed by atoms with van der Waals surface area (Å²) in [5, 5.41) is 18.4. The van der Waals surface area contributed by atoms with Gasteiger partial charge in [0.1, 0.15) is 0 Å². The molecule has 4 aromatic heterocycles. The van der Waals surface area contributed by atoms with Gasteiger partial charge in [-0.25, -0.2) is 19.3 Å². The van der Waals surface area contributed by atoms with E-state index in [1.807, 2.05) is 0 Å². The van der Waals surface area contributed by atoms with E-state index in [9.17, 15) is 4.79 Å². The maximum atomic E-state index is 12.6. The molecule has 2 N–H and O–H groups in total. The van der Waals surface area contributed by atoms with E-state index in [1.54, 1.807) is 22.8 Å². The normalized spacial score (nSPS) is 13.6. The molecular formula is C17H13Cl2N9O. The quantitative estimate of drug-likeness (QED) is 0.512. The van der Waals surface area contributed by atoms with Gasteiger partial charge in [-0.1, -0.05) is 23.2 Å². The summed E-state index contributed by atoms with van der Waals surface area (Å²) in [6, 6.07) is 2.77. The Kier molecular flexibility index (Phi) is 4.29. The van der Waals surface area contributed by atoms with E-state index in [0.29, 0.717) is 38.9 Å². The molecule has 1 aliphatic carbocycles. The molecule has 4 heterocycles. The van der Waals surface area contributed by atoms with Gasteiger partial charge < -0.3 is 10.6 Å². The van der Waals surface area contributed by atoms with E-state index < -0.39 is 6.03 Å². The minimum atomic E-state index is -0.472. The highest BCUT2D eigenvalue weighted by atomic mass is 35.5. The van der Waals surface area contributed by atoms with Crippen LogP contribution in [0.3, 0.4) is 0 Å². The van der Waals surface area contributed by atoms with Gasteiger partial charge >= 0.3 is 6.03 Å². The predicted molar refractivity (Wildman–Crippen MR) is 107 cm³/mol. The van der Waals surface area contributed by atoms with Crippen molar-refractivity contribution in [2.45, 2.75) is 18.8 Å². The van der Waals surface area contributed by atoms with E-state index in [0.717, 1.165) is 18.5 Å². The lowest BCUT2D eigenvalue weighted by Gasteiger charge is -2.13. The number of halogens is 2. The van der Waals surface area contributed by atoms with Gasteiger partial charge in [-0.2, -0.15) is 15.3 Å². The second kappa shape index (κ2) is 6.98. The largest absolute Gasteiger partial charge is 0.323 e. The van der Waals surface area contributed by atoms with E-state index in [2.05, 4.69) is 35.9 Å². The van der Waals surface area contributed by atoms with Crippen LogP contribution in [-0.4, -0.2) is 40.6 Å². The van der Waals surface area contributed by atoms with Crippen LogP contribution in [0.25, 0.3) is 11.5 Å². The number of hydrogen-bond donors (Lipinski definition) is 2. The maximum absolute atomic E-state index is 12.6. The van der Waals surface area contributed by atoms with Crippen LogP contribution >= 0.6 is 23.2 Å². The number of hydrogen-bond acceptors (Lipinski definition) is 6. The predicted octanol–water partition coefficient (Wildman–Crippen LogP) is 3.53. The summed E-state index contributed by atoms with van der Waals surface area (Å²) < 4.78 is 1.68. The van der Waals surface area contributed by atoms with Crippen LogP contribution in [0.1, 0.15) is 24.5 Å². The van der Waals surface area contributed by atoms with Gasteiger partial charge in [-0.05, 0) is 12.8 Å². The third-order valence-corrected chi connectivity index (χ3v) is 4.91. The number of nitrogens with one attached hydrogen (secondary N) is 2. The summed E-state index contributed by atoms with van der Waals surface area (Å²) in [6.45, 7) is 0. The van der Waals surface area contributed by atoms with Gasteiger partial charge in [0, 0.05) is 18.1 Å². The van der Waals surface area contributed by atoms with Crippen molar-refractivity contribution in [2.24, 2.45) is 0 Å². The Morgan fingerprint density at radius 2 is 1.76 bits per heavy atom. The smallest absolute Gasteiger partial charge is 0.305 e. The van der Waals surface area contributed by atoms with Gasteiger partial charge in [0.05, 0.1) is 46.9 Å².